The number of nitrogens with one attached hydrogen (secondary N) is 2. The fourth-order valence-electron chi connectivity index (χ4n) is 5.86. The number of anilines is 1. The lowest BCUT2D eigenvalue weighted by molar-refractivity contribution is -0.137. The third-order valence-electron chi connectivity index (χ3n) is 9.20. The number of nitrogen functional groups attached to an aromatic ring is 1. The molecule has 24 nitrogen and oxygen atoms in total. The molecule has 0 spiro atoms. The molecule has 2 aromatic rings. The second-order valence-corrected chi connectivity index (χ2v) is 20.3. The van der Waals surface area contributed by atoms with Crippen LogP contribution in [-0.4, -0.2) is 123 Å². The zero-order chi connectivity index (χ0) is 46.8. The van der Waals surface area contributed by atoms with Gasteiger partial charge in [-0.1, -0.05) is 89.3 Å². The van der Waals surface area contributed by atoms with Crippen molar-refractivity contribution in [1.82, 2.24) is 30.2 Å². The normalized spacial score (nSPS) is 20.8. The van der Waals surface area contributed by atoms with E-state index in [2.05, 4.69) is 41.3 Å². The molecule has 1 fully saturated rings. The van der Waals surface area contributed by atoms with Crippen molar-refractivity contribution in [2.24, 2.45) is 5.41 Å². The standard InChI is InChI=1S/C35H58N7O17P3S/c1-4-5-6-7-8-9-10-11-12-13-14-15-26(44)63-19-18-37-25(43)16-17-38-33(47)30(46)35(2,3)21-56-62(53,54)59-61(51,52)55-20-24-29(58-60(48,49)50)28(45)34(57-24)42-23-41-27-31(36)39-22-40-32(27)42/h12-15,22-24,28-30,34,45-46H,4-11,16-21H2,1-3H3,(H,37,43)(H,38,47)(H,51,52)(H,53,54)(H2,36,39,40)(H2,48,49,50)/t24-,28-,29-,30?,34-/m1/s1. The van der Waals surface area contributed by atoms with Gasteiger partial charge in [-0.25, -0.2) is 28.6 Å². The van der Waals surface area contributed by atoms with Gasteiger partial charge in [-0.05, 0) is 18.9 Å². The maximum Gasteiger partial charge on any atom is 0.481 e. The summed E-state index contributed by atoms with van der Waals surface area (Å²) in [6.45, 7) is 2.67. The number of imidazole rings is 1. The third-order valence-corrected chi connectivity index (χ3v) is 13.1. The molecule has 1 aliphatic rings. The number of carbonyl (C=O) groups is 3. The number of carbonyl (C=O) groups excluding carboxylic acids is 3. The van der Waals surface area contributed by atoms with Crippen molar-refractivity contribution < 1.29 is 80.5 Å². The molecule has 0 bridgehead atoms. The van der Waals surface area contributed by atoms with E-state index in [1.807, 2.05) is 12.2 Å². The molecule has 3 unspecified atom stereocenters. The second kappa shape index (κ2) is 25.7. The molecule has 0 saturated carbocycles. The highest BCUT2D eigenvalue weighted by molar-refractivity contribution is 8.14. The zero-order valence-electron chi connectivity index (χ0n) is 35.0. The van der Waals surface area contributed by atoms with Crippen LogP contribution in [0.5, 0.6) is 0 Å². The van der Waals surface area contributed by atoms with Gasteiger partial charge in [0.05, 0.1) is 19.5 Å². The number of fused-ring (bicyclic) bond motifs is 1. The van der Waals surface area contributed by atoms with E-state index in [0.29, 0.717) is 5.75 Å². The first-order valence-corrected chi connectivity index (χ1v) is 25.5. The van der Waals surface area contributed by atoms with Gasteiger partial charge in [0.1, 0.15) is 36.3 Å². The number of phosphoric ester groups is 3. The number of thioether (sulfide) groups is 1. The molecule has 28 heteroatoms. The second-order valence-electron chi connectivity index (χ2n) is 14.9. The van der Waals surface area contributed by atoms with E-state index in [0.717, 1.165) is 41.8 Å². The monoisotopic (exact) mass is 973 g/mol. The van der Waals surface area contributed by atoms with Gasteiger partial charge < -0.3 is 50.9 Å². The SMILES string of the molecule is CCCCCCCCCC=CC=CC(=O)SCCNC(=O)CCNC(=O)C(O)C(C)(C)COP(=O)(O)OP(=O)(O)OC[C@H]1O[C@@H](n2cnc3c(N)ncnc32)[C@H](O)[C@@H]1OP(=O)(O)O. The predicted molar refractivity (Wildman–Crippen MR) is 228 cm³/mol. The predicted octanol–water partition coefficient (Wildman–Crippen LogP) is 2.92. The summed E-state index contributed by atoms with van der Waals surface area (Å²) < 4.78 is 62.3. The van der Waals surface area contributed by atoms with Crippen LogP contribution in [0.25, 0.3) is 11.2 Å². The summed E-state index contributed by atoms with van der Waals surface area (Å²) in [7, 11) is -16.4. The summed E-state index contributed by atoms with van der Waals surface area (Å²) in [6.07, 6.45) is 9.66. The largest absolute Gasteiger partial charge is 0.481 e. The van der Waals surface area contributed by atoms with Crippen LogP contribution in [-0.2, 0) is 50.7 Å². The summed E-state index contributed by atoms with van der Waals surface area (Å²) >= 11 is 1.03. The minimum Gasteiger partial charge on any atom is -0.386 e. The number of ether oxygens (including phenoxy) is 1. The van der Waals surface area contributed by atoms with E-state index >= 15 is 0 Å². The highest BCUT2D eigenvalue weighted by Gasteiger charge is 2.50. The van der Waals surface area contributed by atoms with Gasteiger partial charge in [-0.15, -0.1) is 0 Å². The molecule has 0 aromatic carbocycles. The number of nitrogens with two attached hydrogens (primary N) is 1. The number of aliphatic hydroxyl groups is 2. The Kier molecular flexibility index (Phi) is 22.1. The first-order valence-electron chi connectivity index (χ1n) is 19.9. The van der Waals surface area contributed by atoms with Crippen LogP contribution in [0.3, 0.4) is 0 Å². The third kappa shape index (κ3) is 19.2. The van der Waals surface area contributed by atoms with Crippen LogP contribution in [0.15, 0.2) is 37.0 Å². The fraction of sp³-hybridized carbons (Fsp3) is 0.657. The zero-order valence-corrected chi connectivity index (χ0v) is 38.5. The average Bonchev–Trinajstić information content (AvgIpc) is 3.76. The molecule has 1 saturated heterocycles. The summed E-state index contributed by atoms with van der Waals surface area (Å²) in [5.74, 6) is -1.14. The number of rotatable bonds is 29. The molecule has 0 aliphatic carbocycles. The maximum absolute atomic E-state index is 12.7. The number of hydrogen-bond acceptors (Lipinski definition) is 18. The minimum atomic E-state index is -5.58. The van der Waals surface area contributed by atoms with Crippen molar-refractivity contribution in [2.75, 3.05) is 37.8 Å². The Morgan fingerprint density at radius 3 is 2.37 bits per heavy atom. The van der Waals surface area contributed by atoms with Gasteiger partial charge in [-0.3, -0.25) is 32.5 Å². The Morgan fingerprint density at radius 2 is 1.67 bits per heavy atom. The Hall–Kier alpha value is -2.96. The molecule has 3 rings (SSSR count). The number of aromatic nitrogens is 4. The van der Waals surface area contributed by atoms with Gasteiger partial charge in [0, 0.05) is 30.7 Å². The highest BCUT2D eigenvalue weighted by atomic mass is 32.2. The van der Waals surface area contributed by atoms with Crippen LogP contribution in [0, 0.1) is 5.41 Å². The number of aliphatic hydroxyl groups excluding tert-OH is 2. The fourth-order valence-corrected chi connectivity index (χ4v) is 9.27. The number of hydrogen-bond donors (Lipinski definition) is 9. The minimum absolute atomic E-state index is 0.0306. The molecule has 2 amide bonds. The van der Waals surface area contributed by atoms with Crippen molar-refractivity contribution in [2.45, 2.75) is 109 Å². The van der Waals surface area contributed by atoms with E-state index in [9.17, 15) is 57.9 Å². The van der Waals surface area contributed by atoms with Crippen LogP contribution < -0.4 is 16.4 Å². The van der Waals surface area contributed by atoms with Crippen molar-refractivity contribution >= 4 is 69.1 Å². The topological polar surface area (TPSA) is 364 Å². The van der Waals surface area contributed by atoms with E-state index in [4.69, 9.17) is 19.5 Å². The molecule has 0 radical (unpaired) electrons. The Labute approximate surface area is 368 Å². The average molecular weight is 974 g/mol. The van der Waals surface area contributed by atoms with Crippen molar-refractivity contribution in [3.8, 4) is 0 Å². The number of amides is 2. The molecular formula is C35H58N7O17P3S. The number of nitrogens with zero attached hydrogens (tertiary/aromatic N) is 4. The van der Waals surface area contributed by atoms with Crippen molar-refractivity contribution in [3.63, 3.8) is 0 Å². The van der Waals surface area contributed by atoms with E-state index < -0.39 is 84.6 Å². The van der Waals surface area contributed by atoms with E-state index in [-0.39, 0.29) is 41.6 Å². The number of allylic oxidation sites excluding steroid dienone is 3. The molecular weight excluding hydrogens is 915 g/mol. The van der Waals surface area contributed by atoms with Crippen LogP contribution in [0.1, 0.15) is 84.8 Å². The lowest BCUT2D eigenvalue weighted by Gasteiger charge is -2.30. The Balaban J connectivity index is 1.38. The first-order chi connectivity index (χ1) is 29.6. The van der Waals surface area contributed by atoms with Gasteiger partial charge in [0.2, 0.25) is 16.9 Å². The highest BCUT2D eigenvalue weighted by Crippen LogP contribution is 2.61. The Morgan fingerprint density at radius 1 is 0.984 bits per heavy atom. The summed E-state index contributed by atoms with van der Waals surface area (Å²) in [4.78, 5) is 88.0. The van der Waals surface area contributed by atoms with Crippen molar-refractivity contribution in [3.05, 3.63) is 37.0 Å². The van der Waals surface area contributed by atoms with Crippen LogP contribution in [0.4, 0.5) is 5.82 Å². The molecule has 10 N–H and O–H groups in total. The van der Waals surface area contributed by atoms with E-state index in [1.165, 1.54) is 58.4 Å². The summed E-state index contributed by atoms with van der Waals surface area (Å²) in [5.41, 5.74) is 4.27. The van der Waals surface area contributed by atoms with Crippen LogP contribution >= 0.6 is 35.2 Å². The quantitative estimate of drug-likeness (QED) is 0.0245. The summed E-state index contributed by atoms with van der Waals surface area (Å²) in [5, 5.41) is 26.3. The van der Waals surface area contributed by atoms with Crippen LogP contribution in [0.2, 0.25) is 0 Å². The Bertz CT molecular complexity index is 2020. The lowest BCUT2D eigenvalue weighted by atomic mass is 9.87. The van der Waals surface area contributed by atoms with Gasteiger partial charge in [0.15, 0.2) is 17.7 Å². The smallest absolute Gasteiger partial charge is 0.386 e. The molecule has 3 heterocycles. The number of phosphoric acid groups is 3. The first kappa shape index (κ1) is 54.4. The molecule has 63 heavy (non-hydrogen) atoms. The molecule has 356 valence electrons. The van der Waals surface area contributed by atoms with Gasteiger partial charge in [-0.2, -0.15) is 4.31 Å². The molecule has 2 aromatic heterocycles. The maximum atomic E-state index is 12.7. The van der Waals surface area contributed by atoms with Gasteiger partial charge >= 0.3 is 23.5 Å². The number of unbranched alkanes of at least 4 members (excludes halogenated alkanes) is 7. The van der Waals surface area contributed by atoms with Gasteiger partial charge in [0.25, 0.3) is 0 Å². The van der Waals surface area contributed by atoms with Crippen molar-refractivity contribution in [1.29, 1.82) is 0 Å². The molecule has 7 atom stereocenters. The lowest BCUT2D eigenvalue weighted by Crippen LogP contribution is -2.46. The molecule has 1 aliphatic heterocycles. The van der Waals surface area contributed by atoms with E-state index in [1.54, 1.807) is 6.08 Å². The summed E-state index contributed by atoms with van der Waals surface area (Å²) in [6, 6.07) is 0.